The lowest BCUT2D eigenvalue weighted by Crippen LogP contribution is -2.21. The van der Waals surface area contributed by atoms with Crippen molar-refractivity contribution in [3.8, 4) is 0 Å². The van der Waals surface area contributed by atoms with Crippen LogP contribution in [0.2, 0.25) is 0 Å². The Morgan fingerprint density at radius 1 is 1.45 bits per heavy atom. The van der Waals surface area contributed by atoms with Crippen LogP contribution in [0.1, 0.15) is 34.9 Å². The molecule has 0 bridgehead atoms. The normalized spacial score (nSPS) is 16.0. The van der Waals surface area contributed by atoms with Crippen molar-refractivity contribution in [2.45, 2.75) is 31.4 Å². The van der Waals surface area contributed by atoms with Gasteiger partial charge in [0.15, 0.2) is 4.96 Å². The summed E-state index contributed by atoms with van der Waals surface area (Å²) in [5.41, 5.74) is -0.231. The third kappa shape index (κ3) is 2.12. The predicted molar refractivity (Wildman–Crippen MR) is 67.1 cm³/mol. The van der Waals surface area contributed by atoms with E-state index in [1.54, 1.807) is 0 Å². The van der Waals surface area contributed by atoms with Crippen LogP contribution in [0.15, 0.2) is 11.0 Å². The van der Waals surface area contributed by atoms with Crippen molar-refractivity contribution < 1.29 is 18.3 Å². The van der Waals surface area contributed by atoms with Gasteiger partial charge >= 0.3 is 6.18 Å². The van der Waals surface area contributed by atoms with Crippen molar-refractivity contribution in [1.29, 1.82) is 0 Å². The average molecular weight is 304 g/mol. The van der Waals surface area contributed by atoms with Gasteiger partial charge in [0.1, 0.15) is 4.88 Å². The van der Waals surface area contributed by atoms with Crippen LogP contribution in [-0.2, 0) is 12.6 Å². The quantitative estimate of drug-likeness (QED) is 0.945. The first-order chi connectivity index (χ1) is 9.43. The zero-order chi connectivity index (χ0) is 14.5. The molecule has 8 heteroatoms. The molecule has 0 atom stereocenters. The molecule has 1 saturated carbocycles. The second kappa shape index (κ2) is 4.56. The van der Waals surface area contributed by atoms with Gasteiger partial charge < -0.3 is 5.11 Å². The van der Waals surface area contributed by atoms with Gasteiger partial charge in [-0.1, -0.05) is 11.3 Å². The molecule has 2 aromatic heterocycles. The van der Waals surface area contributed by atoms with E-state index in [1.807, 2.05) is 0 Å². The number of hydrogen-bond acceptors (Lipinski definition) is 4. The Bertz CT molecular complexity index is 716. The van der Waals surface area contributed by atoms with Crippen molar-refractivity contribution in [3.63, 3.8) is 0 Å². The van der Waals surface area contributed by atoms with E-state index in [2.05, 4.69) is 4.98 Å². The second-order valence-corrected chi connectivity index (χ2v) is 5.75. The predicted octanol–water partition coefficient (Wildman–Crippen LogP) is 2.19. The highest BCUT2D eigenvalue weighted by atomic mass is 32.1. The number of aliphatic hydroxyl groups is 1. The number of alkyl halides is 3. The maximum absolute atomic E-state index is 13.1. The Morgan fingerprint density at radius 3 is 2.70 bits per heavy atom. The van der Waals surface area contributed by atoms with Crippen LogP contribution in [0.25, 0.3) is 4.96 Å². The Morgan fingerprint density at radius 2 is 2.15 bits per heavy atom. The van der Waals surface area contributed by atoms with Crippen LogP contribution >= 0.6 is 11.3 Å². The topological polar surface area (TPSA) is 54.6 Å². The number of aliphatic hydroxyl groups excluding tert-OH is 1. The summed E-state index contributed by atoms with van der Waals surface area (Å²) in [6, 6.07) is 0. The lowest BCUT2D eigenvalue weighted by Gasteiger charge is -2.07. The molecule has 0 amide bonds. The molecule has 1 N–H and O–H groups in total. The maximum Gasteiger partial charge on any atom is 0.427 e. The molecule has 0 aromatic carbocycles. The van der Waals surface area contributed by atoms with Gasteiger partial charge in [0.2, 0.25) is 0 Å². The summed E-state index contributed by atoms with van der Waals surface area (Å²) < 4.78 is 40.3. The van der Waals surface area contributed by atoms with Crippen molar-refractivity contribution in [2.24, 2.45) is 0 Å². The Balaban J connectivity index is 2.31. The number of aromatic nitrogens is 2. The summed E-state index contributed by atoms with van der Waals surface area (Å²) in [5, 5.41) is 8.89. The first-order valence-corrected chi connectivity index (χ1v) is 6.96. The molecule has 108 valence electrons. The van der Waals surface area contributed by atoms with Crippen LogP contribution in [0.3, 0.4) is 0 Å². The fourth-order valence-electron chi connectivity index (χ4n) is 2.23. The molecule has 0 spiro atoms. The molecular formula is C12H11F3N2O2S. The molecule has 0 unspecified atom stereocenters. The minimum atomic E-state index is -4.47. The number of thiazole rings is 1. The molecule has 0 aliphatic heterocycles. The molecule has 2 aromatic rings. The van der Waals surface area contributed by atoms with Gasteiger partial charge in [0.25, 0.3) is 5.56 Å². The van der Waals surface area contributed by atoms with Crippen molar-refractivity contribution >= 4 is 16.3 Å². The lowest BCUT2D eigenvalue weighted by molar-refractivity contribution is -0.135. The van der Waals surface area contributed by atoms with Gasteiger partial charge in [-0.25, -0.2) is 4.98 Å². The van der Waals surface area contributed by atoms with E-state index in [1.165, 1.54) is 6.20 Å². The number of hydrogen-bond donors (Lipinski definition) is 1. The number of nitrogens with zero attached hydrogens (tertiary/aromatic N) is 2. The molecule has 4 nitrogen and oxygen atoms in total. The van der Waals surface area contributed by atoms with Crippen molar-refractivity contribution in [3.05, 3.63) is 32.7 Å². The van der Waals surface area contributed by atoms with E-state index in [4.69, 9.17) is 5.11 Å². The largest absolute Gasteiger partial charge is 0.427 e. The third-order valence-corrected chi connectivity index (χ3v) is 4.38. The highest BCUT2D eigenvalue weighted by molar-refractivity contribution is 7.17. The van der Waals surface area contributed by atoms with Crippen LogP contribution in [0.5, 0.6) is 0 Å². The molecular weight excluding hydrogens is 293 g/mol. The molecule has 0 radical (unpaired) electrons. The minimum Gasteiger partial charge on any atom is -0.396 e. The van der Waals surface area contributed by atoms with E-state index >= 15 is 0 Å². The zero-order valence-electron chi connectivity index (χ0n) is 10.3. The SMILES string of the molecule is O=c1c(CCO)cnc2sc(C(F)(F)F)c(C3CC3)n12. The van der Waals surface area contributed by atoms with E-state index in [0.717, 1.165) is 4.40 Å². The number of fused-ring (bicyclic) bond motifs is 1. The van der Waals surface area contributed by atoms with Gasteiger partial charge in [-0.15, -0.1) is 0 Å². The highest BCUT2D eigenvalue weighted by Crippen LogP contribution is 2.48. The summed E-state index contributed by atoms with van der Waals surface area (Å²) in [6.07, 6.45) is -1.81. The molecule has 1 fully saturated rings. The second-order valence-electron chi connectivity index (χ2n) is 4.77. The van der Waals surface area contributed by atoms with E-state index < -0.39 is 16.6 Å². The smallest absolute Gasteiger partial charge is 0.396 e. The molecule has 1 aliphatic carbocycles. The molecule has 20 heavy (non-hydrogen) atoms. The summed E-state index contributed by atoms with van der Waals surface area (Å²) in [6.45, 7) is -0.238. The fraction of sp³-hybridized carbons (Fsp3) is 0.500. The number of halogens is 3. The summed E-state index contributed by atoms with van der Waals surface area (Å²) in [5.74, 6) is -0.218. The molecule has 1 aliphatic rings. The molecule has 3 rings (SSSR count). The van der Waals surface area contributed by atoms with Gasteiger partial charge in [-0.2, -0.15) is 13.2 Å². The third-order valence-electron chi connectivity index (χ3n) is 3.27. The Labute approximate surface area is 115 Å². The number of rotatable bonds is 3. The van der Waals surface area contributed by atoms with Crippen LogP contribution in [0.4, 0.5) is 13.2 Å². The van der Waals surface area contributed by atoms with E-state index in [9.17, 15) is 18.0 Å². The van der Waals surface area contributed by atoms with E-state index in [0.29, 0.717) is 24.2 Å². The van der Waals surface area contributed by atoms with E-state index in [-0.39, 0.29) is 35.2 Å². The van der Waals surface area contributed by atoms with Gasteiger partial charge in [-0.05, 0) is 12.8 Å². The van der Waals surface area contributed by atoms with Gasteiger partial charge in [-0.3, -0.25) is 9.20 Å². The standard InChI is InChI=1S/C12H11F3N2O2S/c13-12(14,15)9-8(6-1-2-6)17-10(19)7(3-4-18)5-16-11(17)20-9/h5-6,18H,1-4H2. The Kier molecular flexibility index (Phi) is 3.09. The fourth-order valence-corrected chi connectivity index (χ4v) is 3.26. The maximum atomic E-state index is 13.1. The van der Waals surface area contributed by atoms with Crippen molar-refractivity contribution in [2.75, 3.05) is 6.61 Å². The Hall–Kier alpha value is -1.41. The molecule has 2 heterocycles. The first-order valence-electron chi connectivity index (χ1n) is 6.15. The molecule has 0 saturated heterocycles. The van der Waals surface area contributed by atoms with Gasteiger partial charge in [0, 0.05) is 30.7 Å². The van der Waals surface area contributed by atoms with Crippen LogP contribution in [-0.4, -0.2) is 21.1 Å². The summed E-state index contributed by atoms with van der Waals surface area (Å²) >= 11 is 0.504. The van der Waals surface area contributed by atoms with Gasteiger partial charge in [0.05, 0.1) is 5.69 Å². The van der Waals surface area contributed by atoms with Crippen LogP contribution < -0.4 is 5.56 Å². The highest BCUT2D eigenvalue weighted by Gasteiger charge is 2.42. The van der Waals surface area contributed by atoms with Crippen LogP contribution in [0, 0.1) is 0 Å². The minimum absolute atomic E-state index is 0.0368. The lowest BCUT2D eigenvalue weighted by atomic mass is 10.2. The van der Waals surface area contributed by atoms with Crippen molar-refractivity contribution in [1.82, 2.24) is 9.38 Å². The monoisotopic (exact) mass is 304 g/mol. The summed E-state index contributed by atoms with van der Waals surface area (Å²) in [4.78, 5) is 15.5. The first kappa shape index (κ1) is 13.6. The summed E-state index contributed by atoms with van der Waals surface area (Å²) in [7, 11) is 0. The zero-order valence-corrected chi connectivity index (χ0v) is 11.1. The average Bonchev–Trinajstić information content (AvgIpc) is 3.12.